The van der Waals surface area contributed by atoms with E-state index in [2.05, 4.69) is 31.4 Å². The zero-order chi connectivity index (χ0) is 9.19. The van der Waals surface area contributed by atoms with Crippen molar-refractivity contribution < 1.29 is 0 Å². The van der Waals surface area contributed by atoms with Gasteiger partial charge >= 0.3 is 0 Å². The summed E-state index contributed by atoms with van der Waals surface area (Å²) in [5, 5.41) is 7.19. The highest BCUT2D eigenvalue weighted by Crippen LogP contribution is 2.43. The maximum absolute atomic E-state index is 5.10. The molecule has 0 atom stereocenters. The molecule has 0 heterocycles. The third kappa shape index (κ3) is 3.39. The molecular formula is C9H18N2S. The van der Waals surface area contributed by atoms with Crippen LogP contribution in [0.1, 0.15) is 33.6 Å². The van der Waals surface area contributed by atoms with Crippen molar-refractivity contribution in [1.29, 1.82) is 0 Å². The van der Waals surface area contributed by atoms with Gasteiger partial charge in [0.15, 0.2) is 5.11 Å². The first-order valence-corrected chi connectivity index (χ1v) is 4.97. The zero-order valence-corrected chi connectivity index (χ0v) is 8.92. The van der Waals surface area contributed by atoms with Gasteiger partial charge in [0, 0.05) is 12.6 Å². The fraction of sp³-hybridized carbons (Fsp3) is 0.889. The topological polar surface area (TPSA) is 24.1 Å². The lowest BCUT2D eigenvalue weighted by Crippen LogP contribution is -2.41. The quantitative estimate of drug-likeness (QED) is 0.656. The molecule has 0 radical (unpaired) electrons. The van der Waals surface area contributed by atoms with E-state index in [1.807, 2.05) is 0 Å². The van der Waals surface area contributed by atoms with Crippen LogP contribution in [0.15, 0.2) is 0 Å². The fourth-order valence-electron chi connectivity index (χ4n) is 0.997. The van der Waals surface area contributed by atoms with Gasteiger partial charge in [-0.15, -0.1) is 0 Å². The second-order valence-electron chi connectivity index (χ2n) is 4.29. The van der Waals surface area contributed by atoms with Gasteiger partial charge in [0.25, 0.3) is 0 Å². The van der Waals surface area contributed by atoms with Crippen molar-refractivity contribution in [3.63, 3.8) is 0 Å². The van der Waals surface area contributed by atoms with Gasteiger partial charge in [0.1, 0.15) is 0 Å². The monoisotopic (exact) mass is 186 g/mol. The first kappa shape index (κ1) is 9.78. The molecule has 0 amide bonds. The molecule has 0 aromatic rings. The largest absolute Gasteiger partial charge is 0.362 e. The van der Waals surface area contributed by atoms with Crippen LogP contribution in [0.4, 0.5) is 0 Å². The van der Waals surface area contributed by atoms with Crippen molar-refractivity contribution in [2.24, 2.45) is 5.41 Å². The van der Waals surface area contributed by atoms with E-state index < -0.39 is 0 Å². The van der Waals surface area contributed by atoms with Crippen LogP contribution in [-0.2, 0) is 0 Å². The van der Waals surface area contributed by atoms with E-state index in [-0.39, 0.29) is 0 Å². The predicted molar refractivity (Wildman–Crippen MR) is 56.2 cm³/mol. The molecule has 2 nitrogen and oxygen atoms in total. The van der Waals surface area contributed by atoms with Crippen LogP contribution in [0.25, 0.3) is 0 Å². The van der Waals surface area contributed by atoms with E-state index in [0.29, 0.717) is 11.5 Å². The lowest BCUT2D eigenvalue weighted by atomic mass is 10.1. The highest BCUT2D eigenvalue weighted by atomic mass is 32.1. The summed E-state index contributed by atoms with van der Waals surface area (Å²) in [6, 6.07) is 0.428. The van der Waals surface area contributed by atoms with Crippen molar-refractivity contribution in [3.05, 3.63) is 0 Å². The molecule has 1 rings (SSSR count). The van der Waals surface area contributed by atoms with Gasteiger partial charge in [-0.3, -0.25) is 0 Å². The van der Waals surface area contributed by atoms with Gasteiger partial charge < -0.3 is 10.6 Å². The van der Waals surface area contributed by atoms with Gasteiger partial charge in [-0.05, 0) is 44.3 Å². The molecule has 1 aliphatic rings. The first-order valence-electron chi connectivity index (χ1n) is 4.56. The van der Waals surface area contributed by atoms with Crippen LogP contribution >= 0.6 is 12.2 Å². The van der Waals surface area contributed by atoms with E-state index in [0.717, 1.165) is 11.7 Å². The van der Waals surface area contributed by atoms with Crippen LogP contribution in [0, 0.1) is 5.41 Å². The zero-order valence-electron chi connectivity index (χ0n) is 8.11. The van der Waals surface area contributed by atoms with E-state index in [1.165, 1.54) is 12.8 Å². The Balaban J connectivity index is 2.10. The van der Waals surface area contributed by atoms with Crippen molar-refractivity contribution in [3.8, 4) is 0 Å². The lowest BCUT2D eigenvalue weighted by Gasteiger charge is -2.15. The molecule has 0 bridgehead atoms. The van der Waals surface area contributed by atoms with E-state index in [9.17, 15) is 0 Å². The van der Waals surface area contributed by atoms with E-state index >= 15 is 0 Å². The summed E-state index contributed by atoms with van der Waals surface area (Å²) in [6.07, 6.45) is 2.68. The standard InChI is InChI=1S/C9H18N2S/c1-7(2)11-8(12)10-6-9(3)4-5-9/h7H,4-6H2,1-3H3,(H2,10,11,12). The molecule has 12 heavy (non-hydrogen) atoms. The maximum atomic E-state index is 5.10. The fourth-order valence-corrected chi connectivity index (χ4v) is 1.30. The Labute approximate surface area is 80.1 Å². The number of thiocarbonyl (C=S) groups is 1. The van der Waals surface area contributed by atoms with Gasteiger partial charge in [0.2, 0.25) is 0 Å². The molecule has 0 aromatic heterocycles. The second kappa shape index (κ2) is 3.60. The molecule has 70 valence electrons. The van der Waals surface area contributed by atoms with E-state index in [4.69, 9.17) is 12.2 Å². The Hall–Kier alpha value is -0.310. The summed E-state index contributed by atoms with van der Waals surface area (Å²) in [4.78, 5) is 0. The van der Waals surface area contributed by atoms with Crippen LogP contribution in [0.3, 0.4) is 0 Å². The minimum Gasteiger partial charge on any atom is -0.362 e. The highest BCUT2D eigenvalue weighted by Gasteiger charge is 2.36. The second-order valence-corrected chi connectivity index (χ2v) is 4.70. The van der Waals surface area contributed by atoms with Crippen molar-refractivity contribution in [2.45, 2.75) is 39.7 Å². The molecular weight excluding hydrogens is 168 g/mol. The number of hydrogen-bond acceptors (Lipinski definition) is 1. The van der Waals surface area contributed by atoms with Crippen LogP contribution in [0.5, 0.6) is 0 Å². The Morgan fingerprint density at radius 1 is 1.50 bits per heavy atom. The molecule has 0 unspecified atom stereocenters. The minimum absolute atomic E-state index is 0.428. The molecule has 0 spiro atoms. The Morgan fingerprint density at radius 3 is 2.50 bits per heavy atom. The first-order chi connectivity index (χ1) is 5.52. The van der Waals surface area contributed by atoms with Crippen LogP contribution < -0.4 is 10.6 Å². The van der Waals surface area contributed by atoms with E-state index in [1.54, 1.807) is 0 Å². The Kier molecular flexibility index (Phi) is 2.94. The smallest absolute Gasteiger partial charge is 0.166 e. The number of rotatable bonds is 3. The average molecular weight is 186 g/mol. The molecule has 0 aliphatic heterocycles. The van der Waals surface area contributed by atoms with Gasteiger partial charge in [-0.25, -0.2) is 0 Å². The van der Waals surface area contributed by atoms with Gasteiger partial charge in [0.05, 0.1) is 0 Å². The summed E-state index contributed by atoms with van der Waals surface area (Å²) >= 11 is 5.10. The van der Waals surface area contributed by atoms with Gasteiger partial charge in [-0.1, -0.05) is 6.92 Å². The molecule has 1 aliphatic carbocycles. The average Bonchev–Trinajstić information content (AvgIpc) is 2.64. The maximum Gasteiger partial charge on any atom is 0.166 e. The third-order valence-electron chi connectivity index (χ3n) is 2.20. The summed E-state index contributed by atoms with van der Waals surface area (Å²) in [5.41, 5.74) is 0.530. The summed E-state index contributed by atoms with van der Waals surface area (Å²) in [5.74, 6) is 0. The highest BCUT2D eigenvalue weighted by molar-refractivity contribution is 7.80. The van der Waals surface area contributed by atoms with Crippen molar-refractivity contribution >= 4 is 17.3 Å². The molecule has 2 N–H and O–H groups in total. The SMILES string of the molecule is CC(C)NC(=S)NCC1(C)CC1. The number of hydrogen-bond donors (Lipinski definition) is 2. The number of nitrogens with one attached hydrogen (secondary N) is 2. The molecule has 0 saturated heterocycles. The van der Waals surface area contributed by atoms with Crippen LogP contribution in [-0.4, -0.2) is 17.7 Å². The third-order valence-corrected chi connectivity index (χ3v) is 2.46. The predicted octanol–water partition coefficient (Wildman–Crippen LogP) is 1.66. The molecule has 3 heteroatoms. The summed E-state index contributed by atoms with van der Waals surface area (Å²) in [7, 11) is 0. The van der Waals surface area contributed by atoms with Crippen LogP contribution in [0.2, 0.25) is 0 Å². The molecule has 1 saturated carbocycles. The van der Waals surface area contributed by atoms with Crippen molar-refractivity contribution in [2.75, 3.05) is 6.54 Å². The normalized spacial score (nSPS) is 19.0. The minimum atomic E-state index is 0.428. The summed E-state index contributed by atoms with van der Waals surface area (Å²) < 4.78 is 0. The molecule has 0 aromatic carbocycles. The Bertz CT molecular complexity index is 173. The van der Waals surface area contributed by atoms with Crippen molar-refractivity contribution in [1.82, 2.24) is 10.6 Å². The lowest BCUT2D eigenvalue weighted by molar-refractivity contribution is 0.549. The molecule has 1 fully saturated rings. The summed E-state index contributed by atoms with van der Waals surface area (Å²) in [6.45, 7) is 7.49. The van der Waals surface area contributed by atoms with Gasteiger partial charge in [-0.2, -0.15) is 0 Å². The Morgan fingerprint density at radius 2 is 2.08 bits per heavy atom.